The number of carbonyl (C=O) groups excluding carboxylic acids is 1. The van der Waals surface area contributed by atoms with Crippen LogP contribution < -0.4 is 10.9 Å². The zero-order chi connectivity index (χ0) is 19.4. The lowest BCUT2D eigenvalue weighted by Gasteiger charge is -2.14. The van der Waals surface area contributed by atoms with Gasteiger partial charge < -0.3 is 5.32 Å². The van der Waals surface area contributed by atoms with Crippen LogP contribution in [0.4, 0.5) is 10.1 Å². The number of aromatic nitrogens is 2. The first kappa shape index (κ1) is 18.8. The van der Waals surface area contributed by atoms with E-state index < -0.39 is 11.7 Å². The van der Waals surface area contributed by atoms with E-state index in [-0.39, 0.29) is 12.1 Å². The van der Waals surface area contributed by atoms with Crippen molar-refractivity contribution in [3.05, 3.63) is 81.5 Å². The van der Waals surface area contributed by atoms with Crippen LogP contribution in [0, 0.1) is 5.82 Å². The lowest BCUT2D eigenvalue weighted by Crippen LogP contribution is -2.30. The summed E-state index contributed by atoms with van der Waals surface area (Å²) in [6.07, 6.45) is 0.582. The number of amides is 1. The lowest BCUT2D eigenvalue weighted by atomic mass is 10.2. The minimum absolute atomic E-state index is 0.256. The van der Waals surface area contributed by atoms with E-state index in [0.717, 1.165) is 0 Å². The van der Waals surface area contributed by atoms with E-state index in [2.05, 4.69) is 10.3 Å². The molecule has 1 amide bonds. The number of halogens is 2. The molecule has 138 valence electrons. The van der Waals surface area contributed by atoms with Crippen molar-refractivity contribution in [2.75, 3.05) is 5.32 Å². The van der Waals surface area contributed by atoms with Gasteiger partial charge in [0, 0.05) is 28.0 Å². The minimum Gasteiger partial charge on any atom is -0.324 e. The molecule has 1 heterocycles. The normalized spacial score (nSPS) is 10.6. The molecule has 0 radical (unpaired) electrons. The van der Waals surface area contributed by atoms with Crippen molar-refractivity contribution in [3.63, 3.8) is 0 Å². The fourth-order valence-electron chi connectivity index (χ4n) is 2.65. The molecule has 0 saturated heterocycles. The predicted octanol–water partition coefficient (Wildman–Crippen LogP) is 3.90. The molecule has 0 aliphatic rings. The number of nitrogens with zero attached hydrogens (tertiary/aromatic N) is 2. The number of benzene rings is 2. The fraction of sp³-hybridized carbons (Fsp3) is 0.150. The first-order valence-electron chi connectivity index (χ1n) is 8.38. The molecule has 0 bridgehead atoms. The molecule has 3 rings (SSSR count). The smallest absolute Gasteiger partial charge is 0.254 e. The Bertz CT molecular complexity index is 1050. The van der Waals surface area contributed by atoms with E-state index in [4.69, 9.17) is 11.6 Å². The minimum atomic E-state index is -0.461. The molecule has 0 aliphatic heterocycles. The zero-order valence-electron chi connectivity index (χ0n) is 14.6. The quantitative estimate of drug-likeness (QED) is 0.724. The highest BCUT2D eigenvalue weighted by molar-refractivity contribution is 6.30. The van der Waals surface area contributed by atoms with Crippen molar-refractivity contribution >= 4 is 23.2 Å². The molecule has 0 aliphatic carbocycles. The highest BCUT2D eigenvalue weighted by Gasteiger charge is 2.14. The summed E-state index contributed by atoms with van der Waals surface area (Å²) < 4.78 is 14.6. The fourth-order valence-corrected chi connectivity index (χ4v) is 2.84. The zero-order valence-corrected chi connectivity index (χ0v) is 15.3. The summed E-state index contributed by atoms with van der Waals surface area (Å²) in [5, 5.41) is 3.08. The molecule has 1 N–H and O–H groups in total. The number of hydrogen-bond acceptors (Lipinski definition) is 3. The number of carbonyl (C=O) groups is 1. The van der Waals surface area contributed by atoms with Crippen LogP contribution in [0.3, 0.4) is 0 Å². The van der Waals surface area contributed by atoms with Crippen LogP contribution in [-0.2, 0) is 17.8 Å². The summed E-state index contributed by atoms with van der Waals surface area (Å²) in [5.41, 5.74) is 1.23. The van der Waals surface area contributed by atoms with Gasteiger partial charge in [0.2, 0.25) is 5.91 Å². The predicted molar refractivity (Wildman–Crippen MR) is 103 cm³/mol. The summed E-state index contributed by atoms with van der Waals surface area (Å²) in [5.74, 6) is -0.563. The molecule has 2 aromatic carbocycles. The number of nitrogens with one attached hydrogen (secondary N) is 1. The Labute approximate surface area is 160 Å². The molecule has 1 aromatic heterocycles. The molecule has 3 aromatic rings. The summed E-state index contributed by atoms with van der Waals surface area (Å²) >= 11 is 6.06. The Morgan fingerprint density at radius 2 is 1.96 bits per heavy atom. The topological polar surface area (TPSA) is 64.0 Å². The van der Waals surface area contributed by atoms with Gasteiger partial charge >= 0.3 is 0 Å². The van der Waals surface area contributed by atoms with Crippen molar-refractivity contribution in [1.82, 2.24) is 9.55 Å². The number of rotatable bonds is 5. The van der Waals surface area contributed by atoms with Gasteiger partial charge in [-0.2, -0.15) is 0 Å². The van der Waals surface area contributed by atoms with Gasteiger partial charge in [0.1, 0.15) is 18.2 Å². The average Bonchev–Trinajstić information content (AvgIpc) is 2.63. The van der Waals surface area contributed by atoms with Gasteiger partial charge in [-0.25, -0.2) is 9.37 Å². The Kier molecular flexibility index (Phi) is 5.66. The average molecular weight is 386 g/mol. The highest BCUT2D eigenvalue weighted by Crippen LogP contribution is 2.21. The Hall–Kier alpha value is -2.99. The molecular weight excluding hydrogens is 369 g/mol. The second kappa shape index (κ2) is 8.14. The Morgan fingerprint density at radius 1 is 1.19 bits per heavy atom. The van der Waals surface area contributed by atoms with Gasteiger partial charge in [0.05, 0.1) is 0 Å². The summed E-state index contributed by atoms with van der Waals surface area (Å²) in [4.78, 5) is 29.5. The van der Waals surface area contributed by atoms with E-state index >= 15 is 0 Å². The van der Waals surface area contributed by atoms with E-state index in [0.29, 0.717) is 34.2 Å². The monoisotopic (exact) mass is 385 g/mol. The molecule has 0 fully saturated rings. The Balaban J connectivity index is 1.96. The number of anilines is 1. The lowest BCUT2D eigenvalue weighted by molar-refractivity contribution is -0.116. The van der Waals surface area contributed by atoms with E-state index in [9.17, 15) is 14.0 Å². The first-order valence-corrected chi connectivity index (χ1v) is 8.76. The summed E-state index contributed by atoms with van der Waals surface area (Å²) in [7, 11) is 0. The molecule has 0 atom stereocenters. The van der Waals surface area contributed by atoms with Crippen LogP contribution in [0.5, 0.6) is 0 Å². The first-order chi connectivity index (χ1) is 13.0. The van der Waals surface area contributed by atoms with Crippen molar-refractivity contribution in [2.45, 2.75) is 19.9 Å². The van der Waals surface area contributed by atoms with Crippen LogP contribution in [0.1, 0.15) is 12.6 Å². The second-order valence-corrected chi connectivity index (χ2v) is 6.35. The van der Waals surface area contributed by atoms with Crippen molar-refractivity contribution in [3.8, 4) is 11.4 Å². The third-order valence-corrected chi connectivity index (χ3v) is 4.15. The standard InChI is InChI=1S/C20H17ClFN3O2/c1-2-16-11-19(27)25(20(24-16)13-5-3-6-14(21)9-13)12-18(26)23-17-8-4-7-15(22)10-17/h3-11H,2,12H2,1H3,(H,23,26). The van der Waals surface area contributed by atoms with E-state index in [1.807, 2.05) is 6.92 Å². The van der Waals surface area contributed by atoms with Crippen molar-refractivity contribution in [2.24, 2.45) is 0 Å². The van der Waals surface area contributed by atoms with Gasteiger partial charge in [-0.05, 0) is 36.8 Å². The van der Waals surface area contributed by atoms with E-state index in [1.54, 1.807) is 30.3 Å². The molecule has 7 heteroatoms. The van der Waals surface area contributed by atoms with Crippen LogP contribution in [0.25, 0.3) is 11.4 Å². The molecule has 27 heavy (non-hydrogen) atoms. The van der Waals surface area contributed by atoms with E-state index in [1.165, 1.54) is 28.8 Å². The molecule has 0 unspecified atom stereocenters. The van der Waals surface area contributed by atoms with Crippen LogP contribution in [0.15, 0.2) is 59.4 Å². The van der Waals surface area contributed by atoms with Gasteiger partial charge in [-0.15, -0.1) is 0 Å². The maximum Gasteiger partial charge on any atom is 0.254 e. The van der Waals surface area contributed by atoms with Gasteiger partial charge in [-0.1, -0.05) is 36.7 Å². The highest BCUT2D eigenvalue weighted by atomic mass is 35.5. The summed E-state index contributed by atoms with van der Waals surface area (Å²) in [6, 6.07) is 13.9. The maximum absolute atomic E-state index is 13.3. The SMILES string of the molecule is CCc1cc(=O)n(CC(=O)Nc2cccc(F)c2)c(-c2cccc(Cl)c2)n1. The third-order valence-electron chi connectivity index (χ3n) is 3.92. The van der Waals surface area contributed by atoms with Gasteiger partial charge in [-0.3, -0.25) is 14.2 Å². The van der Waals surface area contributed by atoms with Crippen LogP contribution in [-0.4, -0.2) is 15.5 Å². The van der Waals surface area contributed by atoms with Crippen LogP contribution >= 0.6 is 11.6 Å². The molecule has 0 spiro atoms. The second-order valence-electron chi connectivity index (χ2n) is 5.92. The molecular formula is C20H17ClFN3O2. The Morgan fingerprint density at radius 3 is 2.67 bits per heavy atom. The summed E-state index contributed by atoms with van der Waals surface area (Å²) in [6.45, 7) is 1.64. The van der Waals surface area contributed by atoms with Gasteiger partial charge in [0.15, 0.2) is 0 Å². The maximum atomic E-state index is 13.3. The van der Waals surface area contributed by atoms with Crippen LogP contribution in [0.2, 0.25) is 5.02 Å². The third kappa shape index (κ3) is 4.60. The number of hydrogen-bond donors (Lipinski definition) is 1. The van der Waals surface area contributed by atoms with Crippen molar-refractivity contribution < 1.29 is 9.18 Å². The van der Waals surface area contributed by atoms with Crippen molar-refractivity contribution in [1.29, 1.82) is 0 Å². The molecule has 0 saturated carbocycles. The molecule has 5 nitrogen and oxygen atoms in total. The van der Waals surface area contributed by atoms with Gasteiger partial charge in [0.25, 0.3) is 5.56 Å². The largest absolute Gasteiger partial charge is 0.324 e. The number of aryl methyl sites for hydroxylation is 1.